The van der Waals surface area contributed by atoms with Crippen molar-refractivity contribution in [3.8, 4) is 11.5 Å². The molecule has 2 fully saturated rings. The van der Waals surface area contributed by atoms with Gasteiger partial charge < -0.3 is 25.0 Å². The highest BCUT2D eigenvalue weighted by atomic mass is 32.2. The molecule has 228 valence electrons. The van der Waals surface area contributed by atoms with Gasteiger partial charge in [0.2, 0.25) is 21.8 Å². The maximum Gasteiger partial charge on any atom is 0.245 e. The highest BCUT2D eigenvalue weighted by Gasteiger charge is 2.42. The quantitative estimate of drug-likeness (QED) is 0.236. The summed E-state index contributed by atoms with van der Waals surface area (Å²) in [7, 11) is -1.10. The number of nitrogens with one attached hydrogen (secondary N) is 2. The van der Waals surface area contributed by atoms with Crippen LogP contribution in [0.25, 0.3) is 10.8 Å². The van der Waals surface area contributed by atoms with Crippen LogP contribution >= 0.6 is 0 Å². The number of ether oxygens (including phenoxy) is 2. The van der Waals surface area contributed by atoms with Crippen LogP contribution in [0, 0.1) is 5.41 Å². The number of carbonyl (C=O) groups excluding carboxylic acids is 2. The average molecular weight is 608 g/mol. The molecule has 0 saturated carbocycles. The predicted molar refractivity (Wildman–Crippen MR) is 163 cm³/mol. The number of amides is 2. The van der Waals surface area contributed by atoms with Crippen molar-refractivity contribution < 1.29 is 27.5 Å². The van der Waals surface area contributed by atoms with Crippen LogP contribution in [0.2, 0.25) is 0 Å². The molecule has 2 aliphatic heterocycles. The Kier molecular flexibility index (Phi) is 8.88. The summed E-state index contributed by atoms with van der Waals surface area (Å²) in [5.74, 6) is 0.346. The maximum atomic E-state index is 13.8. The Balaban J connectivity index is 1.38. The molecule has 2 saturated heterocycles. The number of rotatable bonds is 10. The Hall–Kier alpha value is -4.16. The van der Waals surface area contributed by atoms with Gasteiger partial charge in [0.25, 0.3) is 0 Å². The molecule has 2 aliphatic rings. The Morgan fingerprint density at radius 1 is 1.02 bits per heavy atom. The first-order valence-corrected chi connectivity index (χ1v) is 15.8. The molecular weight excluding hydrogens is 570 g/mol. The lowest BCUT2D eigenvalue weighted by Crippen LogP contribution is -2.53. The number of nitrogen functional groups attached to an aromatic ring is 1. The lowest BCUT2D eigenvalue weighted by Gasteiger charge is -2.34. The Morgan fingerprint density at radius 2 is 1.74 bits per heavy atom. The number of hydrogen-bond acceptors (Lipinski definition) is 7. The van der Waals surface area contributed by atoms with Crippen LogP contribution in [0.3, 0.4) is 0 Å². The second kappa shape index (κ2) is 12.6. The van der Waals surface area contributed by atoms with E-state index in [0.29, 0.717) is 40.9 Å². The van der Waals surface area contributed by atoms with Gasteiger partial charge in [0.05, 0.1) is 19.1 Å². The molecule has 4 N–H and O–H groups in total. The molecule has 2 unspecified atom stereocenters. The molecule has 2 atom stereocenters. The highest BCUT2D eigenvalue weighted by molar-refractivity contribution is 7.89. The minimum atomic E-state index is -4.11. The molecule has 0 aromatic heterocycles. The molecule has 0 bridgehead atoms. The zero-order chi connectivity index (χ0) is 30.7. The summed E-state index contributed by atoms with van der Waals surface area (Å²) in [6.45, 7) is 1.50. The van der Waals surface area contributed by atoms with Gasteiger partial charge in [-0.05, 0) is 54.8 Å². The van der Waals surface area contributed by atoms with E-state index in [0.717, 1.165) is 24.8 Å². The molecule has 3 aromatic rings. The third-order valence-corrected chi connectivity index (χ3v) is 9.64. The molecule has 3 aromatic carbocycles. The van der Waals surface area contributed by atoms with E-state index in [1.165, 1.54) is 24.1 Å². The third-order valence-electron chi connectivity index (χ3n) is 8.19. The van der Waals surface area contributed by atoms with Gasteiger partial charge in [-0.15, -0.1) is 0 Å². The molecule has 0 radical (unpaired) electrons. The van der Waals surface area contributed by atoms with E-state index in [1.54, 1.807) is 54.5 Å². The van der Waals surface area contributed by atoms with Crippen molar-refractivity contribution in [3.63, 3.8) is 0 Å². The zero-order valence-corrected chi connectivity index (χ0v) is 25.2. The third kappa shape index (κ3) is 6.45. The minimum Gasteiger partial charge on any atom is -0.497 e. The first-order chi connectivity index (χ1) is 20.6. The SMILES string of the molecule is COc1ccc2cc(S(=O)(=O)NC3CCN(C(Cc4ccc(C(=N)N)cc4)C(=O)N4CCCCC4)C3=O)cc(OC)c2c1. The van der Waals surface area contributed by atoms with Gasteiger partial charge in [0.1, 0.15) is 29.4 Å². The number of nitrogens with zero attached hydrogens (tertiary/aromatic N) is 2. The largest absolute Gasteiger partial charge is 0.497 e. The number of likely N-dealkylation sites (tertiary alicyclic amines) is 2. The van der Waals surface area contributed by atoms with Crippen LogP contribution in [-0.2, 0) is 26.0 Å². The van der Waals surface area contributed by atoms with Crippen LogP contribution in [0.5, 0.6) is 11.5 Å². The van der Waals surface area contributed by atoms with E-state index in [9.17, 15) is 18.0 Å². The summed E-state index contributed by atoms with van der Waals surface area (Å²) >= 11 is 0. The van der Waals surface area contributed by atoms with E-state index in [1.807, 2.05) is 0 Å². The van der Waals surface area contributed by atoms with Gasteiger partial charge in [0, 0.05) is 43.1 Å². The van der Waals surface area contributed by atoms with Gasteiger partial charge in [-0.25, -0.2) is 8.42 Å². The van der Waals surface area contributed by atoms with Gasteiger partial charge in [-0.1, -0.05) is 30.3 Å². The van der Waals surface area contributed by atoms with Crippen molar-refractivity contribution in [1.82, 2.24) is 14.5 Å². The number of nitrogens with two attached hydrogens (primary N) is 1. The van der Waals surface area contributed by atoms with Crippen LogP contribution in [0.4, 0.5) is 0 Å². The fraction of sp³-hybridized carbons (Fsp3) is 0.387. The van der Waals surface area contributed by atoms with Gasteiger partial charge in [-0.2, -0.15) is 4.72 Å². The van der Waals surface area contributed by atoms with Crippen molar-refractivity contribution >= 4 is 38.4 Å². The average Bonchev–Trinajstić information content (AvgIpc) is 3.37. The summed E-state index contributed by atoms with van der Waals surface area (Å²) in [5.41, 5.74) is 6.98. The van der Waals surface area contributed by atoms with Crippen LogP contribution in [0.1, 0.15) is 36.8 Å². The monoisotopic (exact) mass is 607 g/mol. The van der Waals surface area contributed by atoms with Crippen LogP contribution in [-0.4, -0.2) is 81.8 Å². The van der Waals surface area contributed by atoms with Crippen LogP contribution < -0.4 is 19.9 Å². The molecule has 12 heteroatoms. The highest BCUT2D eigenvalue weighted by Crippen LogP contribution is 2.33. The van der Waals surface area contributed by atoms with Gasteiger partial charge >= 0.3 is 0 Å². The van der Waals surface area contributed by atoms with E-state index < -0.39 is 28.0 Å². The number of methoxy groups -OCH3 is 2. The zero-order valence-electron chi connectivity index (χ0n) is 24.3. The molecule has 5 rings (SSSR count). The normalized spacial score (nSPS) is 18.1. The summed E-state index contributed by atoms with van der Waals surface area (Å²) < 4.78 is 40.4. The lowest BCUT2D eigenvalue weighted by molar-refractivity contribution is -0.144. The van der Waals surface area contributed by atoms with Crippen molar-refractivity contribution in [3.05, 3.63) is 65.7 Å². The van der Waals surface area contributed by atoms with Crippen molar-refractivity contribution in [1.29, 1.82) is 5.41 Å². The summed E-state index contributed by atoms with van der Waals surface area (Å²) in [6, 6.07) is 13.5. The molecule has 11 nitrogen and oxygen atoms in total. The van der Waals surface area contributed by atoms with Gasteiger partial charge in [-0.3, -0.25) is 15.0 Å². The van der Waals surface area contributed by atoms with Crippen molar-refractivity contribution in [2.24, 2.45) is 5.73 Å². The van der Waals surface area contributed by atoms with Gasteiger partial charge in [0.15, 0.2) is 0 Å². The fourth-order valence-corrected chi connectivity index (χ4v) is 7.08. The molecule has 0 aliphatic carbocycles. The fourth-order valence-electron chi connectivity index (χ4n) is 5.80. The van der Waals surface area contributed by atoms with E-state index in [4.69, 9.17) is 20.6 Å². The molecule has 2 amide bonds. The van der Waals surface area contributed by atoms with Crippen LogP contribution in [0.15, 0.2) is 59.5 Å². The topological polar surface area (TPSA) is 155 Å². The molecular formula is C31H37N5O6S. The number of amidine groups is 1. The standard InChI is InChI=1S/C31H37N5O6S/c1-41-23-11-10-22-17-24(19-28(42-2)25(22)18-23)43(39,40)34-26-12-15-36(30(26)37)27(31(38)35-13-4-3-5-14-35)16-20-6-8-21(9-7-20)29(32)33/h6-11,17-19,26-27,34H,3-5,12-16H2,1-2H3,(H3,32,33). The molecule has 2 heterocycles. The second-order valence-electron chi connectivity index (χ2n) is 10.9. The van der Waals surface area contributed by atoms with E-state index >= 15 is 0 Å². The summed E-state index contributed by atoms with van der Waals surface area (Å²) in [4.78, 5) is 30.8. The van der Waals surface area contributed by atoms with Crippen molar-refractivity contribution in [2.75, 3.05) is 33.9 Å². The number of hydrogen-bond donors (Lipinski definition) is 3. The molecule has 43 heavy (non-hydrogen) atoms. The van der Waals surface area contributed by atoms with E-state index in [2.05, 4.69) is 4.72 Å². The number of benzene rings is 3. The first-order valence-electron chi connectivity index (χ1n) is 14.3. The smallest absolute Gasteiger partial charge is 0.245 e. The number of carbonyl (C=O) groups is 2. The summed E-state index contributed by atoms with van der Waals surface area (Å²) in [6.07, 6.45) is 3.37. The Labute approximate surface area is 251 Å². The minimum absolute atomic E-state index is 0.0280. The number of fused-ring (bicyclic) bond motifs is 1. The number of sulfonamides is 1. The molecule has 0 spiro atoms. The second-order valence-corrected chi connectivity index (χ2v) is 12.6. The maximum absolute atomic E-state index is 13.8. The van der Waals surface area contributed by atoms with Crippen molar-refractivity contribution in [2.45, 2.75) is 49.1 Å². The number of piperidine rings is 1. The Morgan fingerprint density at radius 3 is 2.40 bits per heavy atom. The lowest BCUT2D eigenvalue weighted by atomic mass is 10.0. The summed E-state index contributed by atoms with van der Waals surface area (Å²) in [5, 5.41) is 8.98. The van der Waals surface area contributed by atoms with E-state index in [-0.39, 0.29) is 36.0 Å². The first kappa shape index (κ1) is 30.3. The predicted octanol–water partition coefficient (Wildman–Crippen LogP) is 2.64. The Bertz CT molecular complexity index is 1640.